The van der Waals surface area contributed by atoms with Gasteiger partial charge in [-0.05, 0) is 38.8 Å². The van der Waals surface area contributed by atoms with Crippen LogP contribution in [0.5, 0.6) is 0 Å². The topological polar surface area (TPSA) is 53.6 Å². The molecule has 0 aromatic heterocycles. The maximum absolute atomic E-state index is 14.5. The molecule has 192 valence electrons. The Kier molecular flexibility index (Phi) is 19.1. The first-order valence-corrected chi connectivity index (χ1v) is 12.6. The van der Waals surface area contributed by atoms with Crippen molar-refractivity contribution in [3.8, 4) is 0 Å². The SMILES string of the molecule is CCC[C-]=C/C(C)=C\N.C\C=C(C(/C(C)=N/C=C/CC)=C(/C)N1CCNCC1)\c1ccccc1F.[Na+]. The smallest absolute Gasteiger partial charge is 0.420 e. The molecule has 1 aromatic carbocycles. The fourth-order valence-electron chi connectivity index (χ4n) is 3.68. The molecule has 1 heterocycles. The van der Waals surface area contributed by atoms with Gasteiger partial charge >= 0.3 is 29.6 Å². The van der Waals surface area contributed by atoms with Crippen molar-refractivity contribution < 1.29 is 33.9 Å². The second-order valence-corrected chi connectivity index (χ2v) is 8.40. The normalized spacial score (nSPS) is 16.0. The molecular formula is C30H44FN4Na. The summed E-state index contributed by atoms with van der Waals surface area (Å²) < 4.78 is 14.5. The minimum Gasteiger partial charge on any atom is -0.420 e. The fourth-order valence-corrected chi connectivity index (χ4v) is 3.68. The molecule has 0 aliphatic carbocycles. The number of unbranched alkanes of at least 4 members (excludes halogenated alkanes) is 1. The molecule has 0 unspecified atom stereocenters. The summed E-state index contributed by atoms with van der Waals surface area (Å²) in [6, 6.07) is 6.96. The number of nitrogens with two attached hydrogens (primary N) is 1. The second-order valence-electron chi connectivity index (χ2n) is 8.40. The zero-order valence-corrected chi connectivity index (χ0v) is 25.5. The molecule has 1 aliphatic heterocycles. The van der Waals surface area contributed by atoms with Gasteiger partial charge in [-0.25, -0.2) is 10.5 Å². The molecule has 0 saturated carbocycles. The van der Waals surface area contributed by atoms with Crippen LogP contribution in [-0.2, 0) is 0 Å². The average Bonchev–Trinajstić information content (AvgIpc) is 2.88. The molecule has 0 spiro atoms. The summed E-state index contributed by atoms with van der Waals surface area (Å²) in [5, 5.41) is 3.38. The standard InChI is InChI=1S/C22H30FN3.C8H14N.Na/c1-5-7-12-25-17(3)22(18(4)26-15-13-24-14-16-26)19(6-2)20-10-8-9-11-21(20)23;1-3-4-5-6-8(2)7-9;/h6-12,24H,5,13-16H2,1-4H3;6-7H,3-4,9H2,1-2H3;/q;-1;+1/b12-7+,19-6-,22-18-,25-17+;8-7-;. The van der Waals surface area contributed by atoms with Crippen LogP contribution in [0.15, 0.2) is 76.7 Å². The monoisotopic (exact) mass is 502 g/mol. The van der Waals surface area contributed by atoms with Gasteiger partial charge in [0, 0.05) is 54.9 Å². The van der Waals surface area contributed by atoms with Gasteiger partial charge in [-0.15, -0.1) is 13.3 Å². The van der Waals surface area contributed by atoms with Crippen molar-refractivity contribution in [2.75, 3.05) is 26.2 Å². The van der Waals surface area contributed by atoms with E-state index < -0.39 is 0 Å². The van der Waals surface area contributed by atoms with Crippen molar-refractivity contribution in [3.05, 3.63) is 89.2 Å². The van der Waals surface area contributed by atoms with Crippen LogP contribution in [0.4, 0.5) is 4.39 Å². The van der Waals surface area contributed by atoms with E-state index >= 15 is 0 Å². The van der Waals surface area contributed by atoms with Crippen LogP contribution in [0.3, 0.4) is 0 Å². The molecule has 6 heteroatoms. The van der Waals surface area contributed by atoms with Crippen molar-refractivity contribution in [2.45, 2.75) is 60.8 Å². The van der Waals surface area contributed by atoms with Gasteiger partial charge < -0.3 is 16.0 Å². The van der Waals surface area contributed by atoms with E-state index in [-0.39, 0.29) is 35.4 Å². The van der Waals surface area contributed by atoms with Gasteiger partial charge in [0.15, 0.2) is 0 Å². The number of piperazine rings is 1. The van der Waals surface area contributed by atoms with Crippen LogP contribution in [-0.4, -0.2) is 36.8 Å². The van der Waals surface area contributed by atoms with Crippen LogP contribution >= 0.6 is 0 Å². The molecule has 1 aromatic rings. The van der Waals surface area contributed by atoms with Gasteiger partial charge in [0.2, 0.25) is 0 Å². The molecule has 1 saturated heterocycles. The number of benzene rings is 1. The number of aliphatic imine (C=N–C) groups is 1. The predicted molar refractivity (Wildman–Crippen MR) is 150 cm³/mol. The molecule has 0 radical (unpaired) electrons. The molecule has 2 rings (SSSR count). The van der Waals surface area contributed by atoms with Crippen LogP contribution in [0.1, 0.15) is 66.4 Å². The first-order valence-electron chi connectivity index (χ1n) is 12.6. The second kappa shape index (κ2) is 20.2. The summed E-state index contributed by atoms with van der Waals surface area (Å²) in [6.45, 7) is 16.1. The number of nitrogens with zero attached hydrogens (tertiary/aromatic N) is 2. The molecule has 4 nitrogen and oxygen atoms in total. The predicted octanol–water partition coefficient (Wildman–Crippen LogP) is 3.81. The van der Waals surface area contributed by atoms with Gasteiger partial charge in [0.1, 0.15) is 5.82 Å². The van der Waals surface area contributed by atoms with E-state index in [1.807, 2.05) is 57.3 Å². The minimum atomic E-state index is -0.205. The van der Waals surface area contributed by atoms with Crippen molar-refractivity contribution in [1.82, 2.24) is 10.2 Å². The quantitative estimate of drug-likeness (QED) is 0.234. The van der Waals surface area contributed by atoms with Gasteiger partial charge in [0.05, 0.1) is 0 Å². The van der Waals surface area contributed by atoms with E-state index in [9.17, 15) is 4.39 Å². The maximum Gasteiger partial charge on any atom is 1.00 e. The summed E-state index contributed by atoms with van der Waals surface area (Å²) >= 11 is 0. The Labute approximate surface area is 241 Å². The number of rotatable bonds is 9. The third kappa shape index (κ3) is 11.9. The fraction of sp³-hybridized carbons (Fsp3) is 0.433. The van der Waals surface area contributed by atoms with E-state index in [0.29, 0.717) is 5.56 Å². The molecule has 36 heavy (non-hydrogen) atoms. The van der Waals surface area contributed by atoms with E-state index in [1.54, 1.807) is 12.3 Å². The van der Waals surface area contributed by atoms with Gasteiger partial charge in [-0.3, -0.25) is 11.1 Å². The molecular weight excluding hydrogens is 458 g/mol. The van der Waals surface area contributed by atoms with E-state index in [2.05, 4.69) is 42.1 Å². The van der Waals surface area contributed by atoms with E-state index in [1.165, 1.54) is 6.07 Å². The maximum atomic E-state index is 14.5. The van der Waals surface area contributed by atoms with Crippen molar-refractivity contribution in [3.63, 3.8) is 0 Å². The number of halogens is 1. The number of allylic oxidation sites excluding steroid dienone is 8. The molecule has 1 aliphatic rings. The largest absolute Gasteiger partial charge is 1.00 e. The molecule has 1 fully saturated rings. The summed E-state index contributed by atoms with van der Waals surface area (Å²) in [4.78, 5) is 6.99. The van der Waals surface area contributed by atoms with Gasteiger partial charge in [-0.2, -0.15) is 5.57 Å². The number of nitrogens with one attached hydrogen (secondary N) is 1. The van der Waals surface area contributed by atoms with Gasteiger partial charge in [-0.1, -0.05) is 56.8 Å². The van der Waals surface area contributed by atoms with Crippen molar-refractivity contribution >= 4 is 11.3 Å². The Morgan fingerprint density at radius 3 is 2.39 bits per heavy atom. The first-order chi connectivity index (χ1) is 16.9. The van der Waals surface area contributed by atoms with Gasteiger partial charge in [0.25, 0.3) is 0 Å². The molecule has 0 amide bonds. The third-order valence-corrected chi connectivity index (χ3v) is 5.63. The summed E-state index contributed by atoms with van der Waals surface area (Å²) in [7, 11) is 0. The first kappa shape index (κ1) is 34.1. The van der Waals surface area contributed by atoms with E-state index in [0.717, 1.165) is 73.6 Å². The van der Waals surface area contributed by atoms with Crippen LogP contribution in [0.25, 0.3) is 5.57 Å². The summed E-state index contributed by atoms with van der Waals surface area (Å²) in [5.41, 5.74) is 10.9. The minimum absolute atomic E-state index is 0. The number of hydrogen-bond acceptors (Lipinski definition) is 4. The molecule has 0 bridgehead atoms. The Morgan fingerprint density at radius 2 is 1.83 bits per heavy atom. The van der Waals surface area contributed by atoms with E-state index in [4.69, 9.17) is 5.73 Å². The van der Waals surface area contributed by atoms with Crippen molar-refractivity contribution in [2.24, 2.45) is 10.7 Å². The van der Waals surface area contributed by atoms with Crippen molar-refractivity contribution in [1.29, 1.82) is 0 Å². The summed E-state index contributed by atoms with van der Waals surface area (Å²) in [5.74, 6) is -0.205. The Bertz CT molecular complexity index is 951. The molecule has 0 atom stereocenters. The Balaban J connectivity index is 0.00000105. The van der Waals surface area contributed by atoms with Crippen LogP contribution < -0.4 is 40.6 Å². The average molecular weight is 503 g/mol. The molecule has 3 N–H and O–H groups in total. The van der Waals surface area contributed by atoms with Crippen LogP contribution in [0.2, 0.25) is 0 Å². The third-order valence-electron chi connectivity index (χ3n) is 5.63. The Hall–Kier alpha value is -1.92. The zero-order chi connectivity index (χ0) is 26.1. The summed E-state index contributed by atoms with van der Waals surface area (Å²) in [6.07, 6.45) is 15.6. The number of hydrogen-bond donors (Lipinski definition) is 2. The zero-order valence-electron chi connectivity index (χ0n) is 23.5. The Morgan fingerprint density at radius 1 is 1.17 bits per heavy atom. The van der Waals surface area contributed by atoms with Crippen LogP contribution in [0, 0.1) is 11.9 Å².